The van der Waals surface area contributed by atoms with Gasteiger partial charge in [-0.05, 0) is 68.9 Å². The Morgan fingerprint density at radius 2 is 1.62 bits per heavy atom. The summed E-state index contributed by atoms with van der Waals surface area (Å²) in [6.07, 6.45) is 1.72. The van der Waals surface area contributed by atoms with Crippen molar-refractivity contribution in [1.29, 1.82) is 0 Å². The molecule has 5 heteroatoms. The fourth-order valence-corrected chi connectivity index (χ4v) is 7.13. The van der Waals surface area contributed by atoms with Crippen LogP contribution in [0.25, 0.3) is 51.7 Å². The van der Waals surface area contributed by atoms with Crippen LogP contribution in [0.5, 0.6) is 0 Å². The second kappa shape index (κ2) is 6.08. The molecule has 0 aliphatic heterocycles. The molecule has 4 aromatic heterocycles. The molecule has 29 heavy (non-hydrogen) atoms. The van der Waals surface area contributed by atoms with Crippen molar-refractivity contribution in [1.82, 2.24) is 9.97 Å². The van der Waals surface area contributed by atoms with Gasteiger partial charge in [-0.2, -0.15) is 0 Å². The molecular formula is C24H18N2S3. The monoisotopic (exact) mass is 430 g/mol. The molecule has 6 aromatic rings. The first-order valence-corrected chi connectivity index (χ1v) is 12.1. The molecule has 0 aliphatic rings. The van der Waals surface area contributed by atoms with Crippen molar-refractivity contribution in [3.63, 3.8) is 0 Å². The third-order valence-corrected chi connectivity index (χ3v) is 8.45. The Bertz CT molecular complexity index is 1540. The molecule has 6 rings (SSSR count). The quantitative estimate of drug-likeness (QED) is 0.262. The lowest BCUT2D eigenvalue weighted by atomic mass is 9.85. The maximum atomic E-state index is 4.75. The van der Waals surface area contributed by atoms with Crippen LogP contribution < -0.4 is 0 Å². The number of thiophene rings is 3. The van der Waals surface area contributed by atoms with Gasteiger partial charge in [0.2, 0.25) is 0 Å². The molecule has 0 aliphatic carbocycles. The lowest BCUT2D eigenvalue weighted by Gasteiger charge is -2.21. The summed E-state index contributed by atoms with van der Waals surface area (Å²) in [7, 11) is 0. The largest absolute Gasteiger partial charge is 0.235 e. The number of rotatable bonds is 1. The van der Waals surface area contributed by atoms with Crippen molar-refractivity contribution in [2.75, 3.05) is 0 Å². The third-order valence-electron chi connectivity index (χ3n) is 5.46. The molecule has 0 saturated carbocycles. The van der Waals surface area contributed by atoms with Crippen molar-refractivity contribution in [3.8, 4) is 11.3 Å². The van der Waals surface area contributed by atoms with E-state index in [4.69, 9.17) is 4.98 Å². The first-order valence-electron chi connectivity index (χ1n) is 9.55. The molecule has 0 atom stereocenters. The maximum Gasteiger partial charge on any atom is 0.116 e. The van der Waals surface area contributed by atoms with Gasteiger partial charge in [-0.3, -0.25) is 0 Å². The maximum absolute atomic E-state index is 4.75. The Labute approximate surface area is 180 Å². The predicted molar refractivity (Wildman–Crippen MR) is 130 cm³/mol. The van der Waals surface area contributed by atoms with Crippen LogP contribution in [-0.4, -0.2) is 9.97 Å². The zero-order chi connectivity index (χ0) is 19.8. The lowest BCUT2D eigenvalue weighted by Crippen LogP contribution is -2.11. The highest BCUT2D eigenvalue weighted by Gasteiger charge is 2.21. The number of benzene rings is 2. The van der Waals surface area contributed by atoms with E-state index in [9.17, 15) is 0 Å². The summed E-state index contributed by atoms with van der Waals surface area (Å²) in [6, 6.07) is 13.6. The minimum Gasteiger partial charge on any atom is -0.235 e. The SMILES string of the molecule is CC(C)(C)c1cc(-c2ncnc3c2sc2cc4ccsc4cc23)cc2ccsc12. The molecule has 2 nitrogen and oxygen atoms in total. The van der Waals surface area contributed by atoms with E-state index in [1.54, 1.807) is 29.0 Å². The van der Waals surface area contributed by atoms with E-state index in [0.29, 0.717) is 0 Å². The molecular weight excluding hydrogens is 412 g/mol. The second-order valence-electron chi connectivity index (χ2n) is 8.42. The van der Waals surface area contributed by atoms with Crippen molar-refractivity contribution >= 4 is 74.5 Å². The molecule has 2 aromatic carbocycles. The summed E-state index contributed by atoms with van der Waals surface area (Å²) >= 11 is 5.41. The number of aromatic nitrogens is 2. The predicted octanol–water partition coefficient (Wildman–Crippen LogP) is 8.24. The van der Waals surface area contributed by atoms with Crippen molar-refractivity contribution in [2.24, 2.45) is 0 Å². The minimum absolute atomic E-state index is 0.0792. The summed E-state index contributed by atoms with van der Waals surface area (Å²) in [5.74, 6) is 0. The molecule has 142 valence electrons. The van der Waals surface area contributed by atoms with Gasteiger partial charge in [-0.25, -0.2) is 9.97 Å². The van der Waals surface area contributed by atoms with Gasteiger partial charge in [0.05, 0.1) is 15.9 Å². The zero-order valence-corrected chi connectivity index (χ0v) is 18.8. The number of fused-ring (bicyclic) bond motifs is 5. The Hall–Kier alpha value is -2.34. The van der Waals surface area contributed by atoms with Crippen molar-refractivity contribution < 1.29 is 0 Å². The summed E-state index contributed by atoms with van der Waals surface area (Å²) in [4.78, 5) is 9.43. The first kappa shape index (κ1) is 17.5. The van der Waals surface area contributed by atoms with E-state index in [1.165, 1.54) is 46.1 Å². The van der Waals surface area contributed by atoms with E-state index in [2.05, 4.69) is 72.9 Å². The average molecular weight is 431 g/mol. The van der Waals surface area contributed by atoms with Crippen LogP contribution in [0.3, 0.4) is 0 Å². The van der Waals surface area contributed by atoms with Crippen LogP contribution in [0.4, 0.5) is 0 Å². The summed E-state index contributed by atoms with van der Waals surface area (Å²) in [6.45, 7) is 6.85. The number of hydrogen-bond acceptors (Lipinski definition) is 5. The minimum atomic E-state index is 0.0792. The highest BCUT2D eigenvalue weighted by atomic mass is 32.1. The van der Waals surface area contributed by atoms with Crippen molar-refractivity contribution in [3.05, 3.63) is 59.0 Å². The van der Waals surface area contributed by atoms with Gasteiger partial charge in [0, 0.05) is 25.0 Å². The standard InChI is InChI=1S/C24H18N2S3/c1-24(2,3)17-9-15(8-14-5-7-28-22(14)17)20-23-21(26-12-25-20)16-11-18-13(4-6-27-18)10-19(16)29-23/h4-12H,1-3H3. The molecule has 0 fully saturated rings. The van der Waals surface area contributed by atoms with E-state index >= 15 is 0 Å². The van der Waals surface area contributed by atoms with Crippen LogP contribution in [0, 0.1) is 0 Å². The third kappa shape index (κ3) is 2.65. The van der Waals surface area contributed by atoms with E-state index in [1.807, 2.05) is 11.3 Å². The Kier molecular flexibility index (Phi) is 3.67. The molecule has 0 N–H and O–H groups in total. The molecule has 0 radical (unpaired) electrons. The van der Waals surface area contributed by atoms with Gasteiger partial charge in [-0.1, -0.05) is 20.8 Å². The fraction of sp³-hybridized carbons (Fsp3) is 0.167. The number of hydrogen-bond donors (Lipinski definition) is 0. The van der Waals surface area contributed by atoms with Crippen LogP contribution >= 0.6 is 34.0 Å². The Morgan fingerprint density at radius 1 is 0.793 bits per heavy atom. The van der Waals surface area contributed by atoms with Gasteiger partial charge < -0.3 is 0 Å². The fourth-order valence-electron chi connectivity index (χ4n) is 4.01. The molecule has 0 bridgehead atoms. The molecule has 4 heterocycles. The highest BCUT2D eigenvalue weighted by molar-refractivity contribution is 7.26. The summed E-state index contributed by atoms with van der Waals surface area (Å²) in [5, 5.41) is 8.17. The van der Waals surface area contributed by atoms with Gasteiger partial charge in [0.15, 0.2) is 0 Å². The van der Waals surface area contributed by atoms with Crippen LogP contribution in [0.15, 0.2) is 53.5 Å². The highest BCUT2D eigenvalue weighted by Crippen LogP contribution is 2.42. The van der Waals surface area contributed by atoms with Gasteiger partial charge >= 0.3 is 0 Å². The summed E-state index contributed by atoms with van der Waals surface area (Å²) < 4.78 is 5.14. The molecule has 0 unspecified atom stereocenters. The van der Waals surface area contributed by atoms with Crippen LogP contribution in [-0.2, 0) is 5.41 Å². The molecule has 0 amide bonds. The molecule has 0 spiro atoms. The van der Waals surface area contributed by atoms with Crippen molar-refractivity contribution in [2.45, 2.75) is 26.2 Å². The lowest BCUT2D eigenvalue weighted by molar-refractivity contribution is 0.597. The number of nitrogens with zero attached hydrogens (tertiary/aromatic N) is 2. The van der Waals surface area contributed by atoms with Gasteiger partial charge in [0.25, 0.3) is 0 Å². The van der Waals surface area contributed by atoms with Crippen LogP contribution in [0.2, 0.25) is 0 Å². The first-order chi connectivity index (χ1) is 14.0. The normalized spacial score (nSPS) is 12.7. The zero-order valence-electron chi connectivity index (χ0n) is 16.3. The summed E-state index contributed by atoms with van der Waals surface area (Å²) in [5.41, 5.74) is 4.75. The topological polar surface area (TPSA) is 25.8 Å². The Morgan fingerprint density at radius 3 is 2.48 bits per heavy atom. The average Bonchev–Trinajstić information content (AvgIpc) is 3.41. The smallest absolute Gasteiger partial charge is 0.116 e. The second-order valence-corrected chi connectivity index (χ2v) is 11.3. The van der Waals surface area contributed by atoms with E-state index in [-0.39, 0.29) is 5.41 Å². The van der Waals surface area contributed by atoms with E-state index < -0.39 is 0 Å². The molecule has 0 saturated heterocycles. The van der Waals surface area contributed by atoms with E-state index in [0.717, 1.165) is 11.2 Å². The van der Waals surface area contributed by atoms with Gasteiger partial charge in [0.1, 0.15) is 6.33 Å². The van der Waals surface area contributed by atoms with Gasteiger partial charge in [-0.15, -0.1) is 34.0 Å². The van der Waals surface area contributed by atoms with Crippen LogP contribution in [0.1, 0.15) is 26.3 Å². The Balaban J connectivity index is 1.68.